The fourth-order valence-corrected chi connectivity index (χ4v) is 2.49. The van der Waals surface area contributed by atoms with Crippen LogP contribution in [-0.2, 0) is 17.5 Å². The second-order valence-electron chi connectivity index (χ2n) is 5.76. The van der Waals surface area contributed by atoms with E-state index in [1.165, 1.54) is 12.1 Å². The standard InChI is InChI=1S/C20H21ClF3NO2/c1-2-26-11-3-10-25-13-15-4-7-17(8-5-15)27-14-16-6-9-19(21)18(12-16)20(22,23)24/h4-9,12-13H,2-3,10-11,14H2,1H3. The summed E-state index contributed by atoms with van der Waals surface area (Å²) in [6.07, 6.45) is -1.85. The number of alkyl halides is 3. The summed E-state index contributed by atoms with van der Waals surface area (Å²) in [5.74, 6) is 0.562. The summed E-state index contributed by atoms with van der Waals surface area (Å²) in [6.45, 7) is 4.07. The van der Waals surface area contributed by atoms with E-state index in [0.717, 1.165) is 18.1 Å². The minimum Gasteiger partial charge on any atom is -0.489 e. The molecule has 3 nitrogen and oxygen atoms in total. The first-order chi connectivity index (χ1) is 12.9. The summed E-state index contributed by atoms with van der Waals surface area (Å²) < 4.78 is 49.4. The van der Waals surface area contributed by atoms with E-state index in [2.05, 4.69) is 4.99 Å². The zero-order chi connectivity index (χ0) is 19.7. The van der Waals surface area contributed by atoms with E-state index in [1.807, 2.05) is 19.1 Å². The van der Waals surface area contributed by atoms with Crippen LogP contribution in [0.5, 0.6) is 5.75 Å². The molecule has 0 aliphatic carbocycles. The highest BCUT2D eigenvalue weighted by Crippen LogP contribution is 2.35. The number of aliphatic imine (C=N–C) groups is 1. The first kappa shape index (κ1) is 21.3. The summed E-state index contributed by atoms with van der Waals surface area (Å²) in [5.41, 5.74) is 0.456. The molecule has 0 atom stereocenters. The molecule has 146 valence electrons. The van der Waals surface area contributed by atoms with Gasteiger partial charge >= 0.3 is 6.18 Å². The molecule has 27 heavy (non-hydrogen) atoms. The van der Waals surface area contributed by atoms with Gasteiger partial charge in [0.15, 0.2) is 0 Å². The molecule has 0 aliphatic rings. The van der Waals surface area contributed by atoms with Crippen molar-refractivity contribution in [1.82, 2.24) is 0 Å². The van der Waals surface area contributed by atoms with Crippen LogP contribution in [0.2, 0.25) is 5.02 Å². The van der Waals surface area contributed by atoms with Crippen LogP contribution >= 0.6 is 11.6 Å². The Labute approximate surface area is 161 Å². The Hall–Kier alpha value is -2.05. The average molecular weight is 400 g/mol. The second kappa shape index (κ2) is 10.3. The third-order valence-corrected chi connectivity index (χ3v) is 3.97. The van der Waals surface area contributed by atoms with E-state index in [-0.39, 0.29) is 11.6 Å². The number of halogens is 4. The molecule has 0 bridgehead atoms. The third kappa shape index (κ3) is 7.23. The van der Waals surface area contributed by atoms with E-state index in [4.69, 9.17) is 21.1 Å². The molecule has 2 aromatic carbocycles. The van der Waals surface area contributed by atoms with E-state index in [0.29, 0.717) is 31.1 Å². The maximum absolute atomic E-state index is 12.9. The molecule has 0 heterocycles. The van der Waals surface area contributed by atoms with Crippen molar-refractivity contribution in [1.29, 1.82) is 0 Å². The molecule has 0 aromatic heterocycles. The Bertz CT molecular complexity index is 746. The molecule has 0 fully saturated rings. The smallest absolute Gasteiger partial charge is 0.417 e. The summed E-state index contributed by atoms with van der Waals surface area (Å²) in [6, 6.07) is 10.9. The molecular weight excluding hydrogens is 379 g/mol. The Morgan fingerprint density at radius 2 is 1.85 bits per heavy atom. The third-order valence-electron chi connectivity index (χ3n) is 3.64. The number of nitrogens with zero attached hydrogens (tertiary/aromatic N) is 1. The summed E-state index contributed by atoms with van der Waals surface area (Å²) in [4.78, 5) is 4.31. The van der Waals surface area contributed by atoms with Crippen LogP contribution in [0.3, 0.4) is 0 Å². The summed E-state index contributed by atoms with van der Waals surface area (Å²) in [7, 11) is 0. The van der Waals surface area contributed by atoms with Crippen molar-refractivity contribution in [2.75, 3.05) is 19.8 Å². The van der Waals surface area contributed by atoms with Gasteiger partial charge in [0.1, 0.15) is 12.4 Å². The van der Waals surface area contributed by atoms with Crippen LogP contribution in [0.25, 0.3) is 0 Å². The lowest BCUT2D eigenvalue weighted by molar-refractivity contribution is -0.137. The Morgan fingerprint density at radius 1 is 1.11 bits per heavy atom. The van der Waals surface area contributed by atoms with Crippen molar-refractivity contribution in [2.24, 2.45) is 4.99 Å². The zero-order valence-corrected chi connectivity index (χ0v) is 15.7. The molecule has 0 amide bonds. The van der Waals surface area contributed by atoms with Gasteiger partial charge in [0.05, 0.1) is 10.6 Å². The zero-order valence-electron chi connectivity index (χ0n) is 14.9. The van der Waals surface area contributed by atoms with E-state index in [1.54, 1.807) is 18.3 Å². The van der Waals surface area contributed by atoms with Crippen molar-refractivity contribution < 1.29 is 22.6 Å². The molecule has 0 aliphatic heterocycles. The Kier molecular flexibility index (Phi) is 8.13. The predicted molar refractivity (Wildman–Crippen MR) is 101 cm³/mol. The largest absolute Gasteiger partial charge is 0.489 e. The fourth-order valence-electron chi connectivity index (χ4n) is 2.27. The minimum absolute atomic E-state index is 0.0190. The van der Waals surface area contributed by atoms with Crippen molar-refractivity contribution in [2.45, 2.75) is 26.1 Å². The molecule has 0 saturated heterocycles. The van der Waals surface area contributed by atoms with Crippen molar-refractivity contribution in [3.8, 4) is 5.75 Å². The molecule has 2 aromatic rings. The SMILES string of the molecule is CCOCCCN=Cc1ccc(OCc2ccc(Cl)c(C(F)(F)F)c2)cc1. The van der Waals surface area contributed by atoms with Gasteiger partial charge in [0, 0.05) is 26.0 Å². The highest BCUT2D eigenvalue weighted by molar-refractivity contribution is 6.31. The molecule has 0 unspecified atom stereocenters. The highest BCUT2D eigenvalue weighted by Gasteiger charge is 2.33. The van der Waals surface area contributed by atoms with Gasteiger partial charge in [-0.2, -0.15) is 13.2 Å². The lowest BCUT2D eigenvalue weighted by Gasteiger charge is -2.12. The van der Waals surface area contributed by atoms with Gasteiger partial charge < -0.3 is 9.47 Å². The monoisotopic (exact) mass is 399 g/mol. The second-order valence-corrected chi connectivity index (χ2v) is 6.16. The van der Waals surface area contributed by atoms with Crippen LogP contribution in [-0.4, -0.2) is 26.0 Å². The van der Waals surface area contributed by atoms with Crippen molar-refractivity contribution in [3.05, 3.63) is 64.2 Å². The molecule has 7 heteroatoms. The van der Waals surface area contributed by atoms with Crippen molar-refractivity contribution in [3.63, 3.8) is 0 Å². The average Bonchev–Trinajstić information content (AvgIpc) is 2.64. The lowest BCUT2D eigenvalue weighted by Crippen LogP contribution is -2.07. The lowest BCUT2D eigenvalue weighted by atomic mass is 10.1. The summed E-state index contributed by atoms with van der Waals surface area (Å²) in [5, 5.41) is -0.323. The number of hydrogen-bond acceptors (Lipinski definition) is 3. The van der Waals surface area contributed by atoms with E-state index in [9.17, 15) is 13.2 Å². The first-order valence-corrected chi connectivity index (χ1v) is 8.94. The van der Waals surface area contributed by atoms with E-state index < -0.39 is 11.7 Å². The number of ether oxygens (including phenoxy) is 2. The van der Waals surface area contributed by atoms with Crippen LogP contribution in [0.15, 0.2) is 47.5 Å². The first-order valence-electron chi connectivity index (χ1n) is 8.56. The number of hydrogen-bond donors (Lipinski definition) is 0. The maximum Gasteiger partial charge on any atom is 0.417 e. The van der Waals surface area contributed by atoms with E-state index >= 15 is 0 Å². The molecule has 2 rings (SSSR count). The Balaban J connectivity index is 1.87. The maximum atomic E-state index is 12.9. The van der Waals surface area contributed by atoms with Gasteiger partial charge in [-0.25, -0.2) is 0 Å². The summed E-state index contributed by atoms with van der Waals surface area (Å²) >= 11 is 5.61. The number of benzene rings is 2. The fraction of sp³-hybridized carbons (Fsp3) is 0.350. The Morgan fingerprint density at radius 3 is 2.52 bits per heavy atom. The van der Waals surface area contributed by atoms with Crippen molar-refractivity contribution >= 4 is 17.8 Å². The van der Waals surface area contributed by atoms with Crippen LogP contribution < -0.4 is 4.74 Å². The molecule has 0 saturated carbocycles. The van der Waals surface area contributed by atoms with Gasteiger partial charge in [-0.1, -0.05) is 17.7 Å². The molecule has 0 spiro atoms. The van der Waals surface area contributed by atoms with Gasteiger partial charge in [0.25, 0.3) is 0 Å². The quantitative estimate of drug-likeness (QED) is 0.395. The minimum atomic E-state index is -4.49. The highest BCUT2D eigenvalue weighted by atomic mass is 35.5. The van der Waals surface area contributed by atoms with Gasteiger partial charge in [-0.3, -0.25) is 4.99 Å². The molecule has 0 radical (unpaired) electrons. The van der Waals surface area contributed by atoms with Crippen LogP contribution in [0, 0.1) is 0 Å². The van der Waals surface area contributed by atoms with Gasteiger partial charge in [-0.05, 0) is 60.9 Å². The molecular formula is C20H21ClF3NO2. The van der Waals surface area contributed by atoms with Crippen LogP contribution in [0.1, 0.15) is 30.0 Å². The number of rotatable bonds is 9. The molecule has 0 N–H and O–H groups in total. The topological polar surface area (TPSA) is 30.8 Å². The normalized spacial score (nSPS) is 11.9. The van der Waals surface area contributed by atoms with Crippen LogP contribution in [0.4, 0.5) is 13.2 Å². The van der Waals surface area contributed by atoms with Gasteiger partial charge in [0.2, 0.25) is 0 Å². The predicted octanol–water partition coefficient (Wildman–Crippen LogP) is 5.78. The van der Waals surface area contributed by atoms with Gasteiger partial charge in [-0.15, -0.1) is 0 Å².